The third kappa shape index (κ3) is 8.17. The Morgan fingerprint density at radius 3 is 2.33 bits per heavy atom. The number of hydrogen-bond donors (Lipinski definition) is 0. The van der Waals surface area contributed by atoms with Gasteiger partial charge in [-0.05, 0) is 37.4 Å². The summed E-state index contributed by atoms with van der Waals surface area (Å²) in [7, 11) is -0.517. The zero-order valence-electron chi connectivity index (χ0n) is 14.3. The highest BCUT2D eigenvalue weighted by atomic mass is 28.4. The molecule has 0 aliphatic rings. The summed E-state index contributed by atoms with van der Waals surface area (Å²) >= 11 is 0. The first-order chi connectivity index (χ1) is 9.64. The molecule has 0 unspecified atom stereocenters. The summed E-state index contributed by atoms with van der Waals surface area (Å²) in [6, 6.07) is 0. The number of rotatable bonds is 9. The summed E-state index contributed by atoms with van der Waals surface area (Å²) in [5, 5.41) is 0.0957. The van der Waals surface area contributed by atoms with E-state index in [-0.39, 0.29) is 17.1 Å². The first-order valence-corrected chi connectivity index (χ1v) is 10.4. The number of carbonyl (C=O) groups excluding carboxylic acids is 2. The molecule has 0 aromatic rings. The summed E-state index contributed by atoms with van der Waals surface area (Å²) in [5.74, 6) is -0.185. The van der Waals surface area contributed by atoms with Crippen LogP contribution in [0.1, 0.15) is 46.5 Å². The number of ether oxygens (including phenoxy) is 1. The van der Waals surface area contributed by atoms with E-state index >= 15 is 0 Å². The van der Waals surface area contributed by atoms with Crippen molar-refractivity contribution in [2.45, 2.75) is 70.7 Å². The van der Waals surface area contributed by atoms with Gasteiger partial charge in [0.2, 0.25) is 0 Å². The molecule has 0 radical (unpaired) electrons. The van der Waals surface area contributed by atoms with Crippen LogP contribution in [-0.2, 0) is 18.8 Å². The van der Waals surface area contributed by atoms with Crippen LogP contribution in [0.2, 0.25) is 18.1 Å². The molecule has 0 bridgehead atoms. The maximum atomic E-state index is 11.2. The fourth-order valence-corrected chi connectivity index (χ4v) is 2.76. The van der Waals surface area contributed by atoms with Crippen molar-refractivity contribution < 1.29 is 18.8 Å². The van der Waals surface area contributed by atoms with Gasteiger partial charge in [-0.2, -0.15) is 0 Å². The quantitative estimate of drug-likeness (QED) is 0.213. The van der Waals surface area contributed by atoms with Gasteiger partial charge in [-0.3, -0.25) is 4.79 Å². The first kappa shape index (κ1) is 20.1. The molecule has 0 spiro atoms. The van der Waals surface area contributed by atoms with Crippen LogP contribution in [0.3, 0.4) is 0 Å². The molecule has 0 amide bonds. The van der Waals surface area contributed by atoms with Gasteiger partial charge in [-0.15, -0.1) is 0 Å². The molecule has 0 N–H and O–H groups in total. The molecule has 0 aliphatic carbocycles. The molecule has 4 nitrogen and oxygen atoms in total. The predicted molar refractivity (Wildman–Crippen MR) is 87.8 cm³/mol. The number of unbranched alkanes of at least 4 members (excludes halogenated alkanes) is 1. The van der Waals surface area contributed by atoms with Crippen molar-refractivity contribution in [3.05, 3.63) is 12.2 Å². The van der Waals surface area contributed by atoms with Gasteiger partial charge < -0.3 is 14.0 Å². The Bertz CT molecular complexity index is 356. The van der Waals surface area contributed by atoms with Gasteiger partial charge in [0.1, 0.15) is 12.4 Å². The minimum Gasteiger partial charge on any atom is -0.469 e. The third-order valence-electron chi connectivity index (χ3n) is 3.92. The lowest BCUT2D eigenvalue weighted by atomic mass is 10.2. The second-order valence-electron chi connectivity index (χ2n) is 6.73. The molecule has 21 heavy (non-hydrogen) atoms. The highest BCUT2D eigenvalue weighted by Crippen LogP contribution is 2.37. The molecule has 0 saturated carbocycles. The zero-order chi connectivity index (χ0) is 16.5. The van der Waals surface area contributed by atoms with Crippen molar-refractivity contribution in [3.63, 3.8) is 0 Å². The Hall–Kier alpha value is -0.943. The highest BCUT2D eigenvalue weighted by Gasteiger charge is 2.38. The van der Waals surface area contributed by atoms with Gasteiger partial charge >= 0.3 is 5.97 Å². The summed E-state index contributed by atoms with van der Waals surface area (Å²) in [6.07, 6.45) is 7.06. The van der Waals surface area contributed by atoms with Gasteiger partial charge in [0.15, 0.2) is 8.32 Å². The van der Waals surface area contributed by atoms with E-state index < -0.39 is 8.32 Å². The second-order valence-corrected chi connectivity index (χ2v) is 11.5. The molecule has 0 fully saturated rings. The number of hydrogen-bond acceptors (Lipinski definition) is 4. The van der Waals surface area contributed by atoms with Crippen LogP contribution >= 0.6 is 0 Å². The Morgan fingerprint density at radius 2 is 1.86 bits per heavy atom. The molecule has 0 aromatic carbocycles. The summed E-state index contributed by atoms with van der Waals surface area (Å²) < 4.78 is 10.6. The smallest absolute Gasteiger partial charge is 0.305 e. The maximum absolute atomic E-state index is 11.2. The molecular weight excluding hydrogens is 284 g/mol. The predicted octanol–water partition coefficient (Wildman–Crippen LogP) is 3.87. The highest BCUT2D eigenvalue weighted by molar-refractivity contribution is 6.74. The molecule has 5 heteroatoms. The first-order valence-electron chi connectivity index (χ1n) is 7.49. The lowest BCUT2D eigenvalue weighted by Gasteiger charge is -2.37. The Morgan fingerprint density at radius 1 is 1.24 bits per heavy atom. The van der Waals surface area contributed by atoms with Crippen molar-refractivity contribution >= 4 is 20.6 Å². The van der Waals surface area contributed by atoms with Crippen molar-refractivity contribution in [3.8, 4) is 0 Å². The fraction of sp³-hybridized carbons (Fsp3) is 0.750. The third-order valence-corrected chi connectivity index (χ3v) is 8.42. The monoisotopic (exact) mass is 314 g/mol. The van der Waals surface area contributed by atoms with Crippen LogP contribution in [-0.4, -0.2) is 33.8 Å². The second kappa shape index (κ2) is 9.15. The lowest BCUT2D eigenvalue weighted by Crippen LogP contribution is -2.44. The maximum Gasteiger partial charge on any atom is 0.305 e. The van der Waals surface area contributed by atoms with Crippen LogP contribution in [0.15, 0.2) is 12.2 Å². The summed E-state index contributed by atoms with van der Waals surface area (Å²) in [4.78, 5) is 22.1. The van der Waals surface area contributed by atoms with Crippen molar-refractivity contribution in [1.29, 1.82) is 0 Å². The van der Waals surface area contributed by atoms with E-state index in [0.29, 0.717) is 12.8 Å². The van der Waals surface area contributed by atoms with Crippen LogP contribution < -0.4 is 0 Å². The number of esters is 1. The van der Waals surface area contributed by atoms with Crippen LogP contribution in [0, 0.1) is 0 Å². The van der Waals surface area contributed by atoms with E-state index in [1.807, 2.05) is 12.2 Å². The normalized spacial score (nSPS) is 14.2. The van der Waals surface area contributed by atoms with E-state index in [0.717, 1.165) is 19.1 Å². The average Bonchev–Trinajstić information content (AvgIpc) is 2.39. The van der Waals surface area contributed by atoms with E-state index in [1.54, 1.807) is 0 Å². The van der Waals surface area contributed by atoms with Crippen molar-refractivity contribution in [2.24, 2.45) is 0 Å². The zero-order valence-corrected chi connectivity index (χ0v) is 15.3. The summed E-state index contributed by atoms with van der Waals surface area (Å²) in [5.41, 5.74) is 0. The van der Waals surface area contributed by atoms with E-state index in [2.05, 4.69) is 38.6 Å². The van der Waals surface area contributed by atoms with Gasteiger partial charge in [-0.1, -0.05) is 32.9 Å². The van der Waals surface area contributed by atoms with Gasteiger partial charge in [-0.25, -0.2) is 0 Å². The molecule has 0 saturated heterocycles. The molecule has 1 atom stereocenters. The van der Waals surface area contributed by atoms with Gasteiger partial charge in [0.25, 0.3) is 0 Å². The lowest BCUT2D eigenvalue weighted by molar-refractivity contribution is -0.140. The largest absolute Gasteiger partial charge is 0.469 e. The molecular formula is C16H30O4Si. The topological polar surface area (TPSA) is 52.6 Å². The molecule has 0 aliphatic heterocycles. The molecule has 0 rings (SSSR count). The van der Waals surface area contributed by atoms with Crippen molar-refractivity contribution in [2.75, 3.05) is 7.11 Å². The van der Waals surface area contributed by atoms with E-state index in [1.165, 1.54) is 7.11 Å². The van der Waals surface area contributed by atoms with Crippen molar-refractivity contribution in [1.82, 2.24) is 0 Å². The summed E-state index contributed by atoms with van der Waals surface area (Å²) in [6.45, 7) is 10.8. The van der Waals surface area contributed by atoms with Gasteiger partial charge in [0.05, 0.1) is 7.11 Å². The van der Waals surface area contributed by atoms with Crippen LogP contribution in [0.4, 0.5) is 0 Å². The minimum atomic E-state index is -1.91. The van der Waals surface area contributed by atoms with Crippen LogP contribution in [0.25, 0.3) is 0 Å². The number of methoxy groups -OCH3 is 1. The van der Waals surface area contributed by atoms with Gasteiger partial charge in [0, 0.05) is 6.42 Å². The number of aldehydes is 1. The standard InChI is InChI=1S/C16H30O4Si/c1-16(2,3)21(5,6)20-14(13-17)11-9-7-8-10-12-15(18)19-4/h7,9,13-14H,8,10-12H2,1-6H3/b9-7-/t14-/m0/s1. The molecule has 0 aromatic heterocycles. The SMILES string of the molecule is COC(=O)CCC/C=C\C[C@@H](C=O)O[Si](C)(C)C(C)(C)C. The fourth-order valence-electron chi connectivity index (χ4n) is 1.50. The van der Waals surface area contributed by atoms with Crippen LogP contribution in [0.5, 0.6) is 0 Å². The number of carbonyl (C=O) groups is 2. The minimum absolute atomic E-state index is 0.0957. The molecule has 0 heterocycles. The number of allylic oxidation sites excluding steroid dienone is 1. The van der Waals surface area contributed by atoms with E-state index in [9.17, 15) is 9.59 Å². The molecule has 122 valence electrons. The Labute approximate surface area is 130 Å². The Kier molecular flexibility index (Phi) is 8.74. The average molecular weight is 314 g/mol. The Balaban J connectivity index is 4.17. The van der Waals surface area contributed by atoms with E-state index in [4.69, 9.17) is 4.43 Å².